The van der Waals surface area contributed by atoms with Crippen LogP contribution in [-0.4, -0.2) is 9.97 Å². The van der Waals surface area contributed by atoms with Crippen LogP contribution in [-0.2, 0) is 0 Å². The minimum absolute atomic E-state index is 0.618. The minimum Gasteiger partial charge on any atom is -0.399 e. The summed E-state index contributed by atoms with van der Waals surface area (Å²) in [5, 5.41) is 1.29. The van der Waals surface area contributed by atoms with Crippen molar-refractivity contribution in [2.24, 2.45) is 0 Å². The number of aromatic nitrogens is 2. The van der Waals surface area contributed by atoms with Gasteiger partial charge in [0, 0.05) is 23.0 Å². The van der Waals surface area contributed by atoms with E-state index in [1.165, 1.54) is 11.8 Å². The molecule has 0 amide bonds. The van der Waals surface area contributed by atoms with E-state index in [0.29, 0.717) is 15.9 Å². The molecule has 3 nitrogen and oxygen atoms in total. The first kappa shape index (κ1) is 10.3. The number of halogens is 1. The Morgan fingerprint density at radius 3 is 2.60 bits per heavy atom. The van der Waals surface area contributed by atoms with E-state index in [-0.39, 0.29) is 0 Å². The topological polar surface area (TPSA) is 51.8 Å². The van der Waals surface area contributed by atoms with Crippen LogP contribution in [0.5, 0.6) is 0 Å². The number of nitrogens with two attached hydrogens (primary N) is 1. The Hall–Kier alpha value is -1.26. The van der Waals surface area contributed by atoms with Gasteiger partial charge in [-0.1, -0.05) is 11.6 Å². The molecule has 0 atom stereocenters. The Morgan fingerprint density at radius 2 is 1.93 bits per heavy atom. The van der Waals surface area contributed by atoms with Crippen LogP contribution in [0.4, 0.5) is 5.69 Å². The summed E-state index contributed by atoms with van der Waals surface area (Å²) in [6, 6.07) is 7.15. The van der Waals surface area contributed by atoms with Crippen LogP contribution in [0, 0.1) is 0 Å². The molecule has 2 rings (SSSR count). The van der Waals surface area contributed by atoms with Crippen LogP contribution >= 0.6 is 23.4 Å². The van der Waals surface area contributed by atoms with E-state index in [9.17, 15) is 0 Å². The summed E-state index contributed by atoms with van der Waals surface area (Å²) in [4.78, 5) is 9.10. The predicted octanol–water partition coefficient (Wildman–Crippen LogP) is 2.86. The maximum Gasteiger partial charge on any atom is 0.192 e. The van der Waals surface area contributed by atoms with Crippen molar-refractivity contribution in [2.45, 2.75) is 10.1 Å². The van der Waals surface area contributed by atoms with Gasteiger partial charge in [0.05, 0.1) is 5.02 Å². The van der Waals surface area contributed by atoms with Crippen molar-refractivity contribution in [3.63, 3.8) is 0 Å². The summed E-state index contributed by atoms with van der Waals surface area (Å²) >= 11 is 7.44. The smallest absolute Gasteiger partial charge is 0.192 e. The highest BCUT2D eigenvalue weighted by atomic mass is 35.5. The SMILES string of the molecule is Nc1ccc(Sc2ncccn2)c(Cl)c1. The monoisotopic (exact) mass is 237 g/mol. The molecule has 0 unspecified atom stereocenters. The largest absolute Gasteiger partial charge is 0.399 e. The zero-order valence-corrected chi connectivity index (χ0v) is 9.29. The Bertz CT molecular complexity index is 461. The Morgan fingerprint density at radius 1 is 1.20 bits per heavy atom. The highest BCUT2D eigenvalue weighted by Crippen LogP contribution is 2.31. The lowest BCUT2D eigenvalue weighted by atomic mass is 10.3. The summed E-state index contributed by atoms with van der Waals surface area (Å²) in [7, 11) is 0. The highest BCUT2D eigenvalue weighted by Gasteiger charge is 2.04. The number of nitrogens with zero attached hydrogens (tertiary/aromatic N) is 2. The van der Waals surface area contributed by atoms with E-state index in [2.05, 4.69) is 9.97 Å². The lowest BCUT2D eigenvalue weighted by Gasteiger charge is -2.02. The van der Waals surface area contributed by atoms with Crippen LogP contribution in [0.25, 0.3) is 0 Å². The molecule has 0 radical (unpaired) electrons. The van der Waals surface area contributed by atoms with Crippen molar-refractivity contribution in [1.29, 1.82) is 0 Å². The molecule has 0 spiro atoms. The summed E-state index contributed by atoms with van der Waals surface area (Å²) in [6.45, 7) is 0. The first-order valence-electron chi connectivity index (χ1n) is 4.25. The van der Waals surface area contributed by atoms with Gasteiger partial charge in [0.2, 0.25) is 0 Å². The molecule has 2 N–H and O–H groups in total. The molecule has 1 heterocycles. The molecular formula is C10H8ClN3S. The molecule has 0 saturated heterocycles. The molecule has 0 fully saturated rings. The molecule has 5 heteroatoms. The van der Waals surface area contributed by atoms with Gasteiger partial charge in [-0.15, -0.1) is 0 Å². The first-order chi connectivity index (χ1) is 7.25. The second kappa shape index (κ2) is 4.51. The number of hydrogen-bond donors (Lipinski definition) is 1. The molecule has 0 aliphatic rings. The lowest BCUT2D eigenvalue weighted by Crippen LogP contribution is -1.86. The van der Waals surface area contributed by atoms with Crippen LogP contribution in [0.2, 0.25) is 5.02 Å². The standard InChI is InChI=1S/C10H8ClN3S/c11-8-6-7(12)2-3-9(8)15-10-13-4-1-5-14-10/h1-6H,12H2. The van der Waals surface area contributed by atoms with Crippen molar-refractivity contribution in [3.8, 4) is 0 Å². The van der Waals surface area contributed by atoms with Gasteiger partial charge < -0.3 is 5.73 Å². The molecule has 0 aliphatic heterocycles. The zero-order chi connectivity index (χ0) is 10.7. The Labute approximate surface area is 96.7 Å². The van der Waals surface area contributed by atoms with E-state index < -0.39 is 0 Å². The number of benzene rings is 1. The van der Waals surface area contributed by atoms with Crippen molar-refractivity contribution in [3.05, 3.63) is 41.7 Å². The molecule has 15 heavy (non-hydrogen) atoms. The minimum atomic E-state index is 0.618. The zero-order valence-electron chi connectivity index (χ0n) is 7.72. The average molecular weight is 238 g/mol. The van der Waals surface area contributed by atoms with E-state index in [1.807, 2.05) is 6.07 Å². The normalized spacial score (nSPS) is 10.2. The van der Waals surface area contributed by atoms with Gasteiger partial charge in [0.15, 0.2) is 5.16 Å². The van der Waals surface area contributed by atoms with Crippen LogP contribution < -0.4 is 5.73 Å². The number of hydrogen-bond acceptors (Lipinski definition) is 4. The van der Waals surface area contributed by atoms with Crippen LogP contribution in [0.15, 0.2) is 46.7 Å². The molecule has 0 aliphatic carbocycles. The van der Waals surface area contributed by atoms with E-state index in [0.717, 1.165) is 4.90 Å². The fraction of sp³-hybridized carbons (Fsp3) is 0. The maximum absolute atomic E-state index is 6.02. The van der Waals surface area contributed by atoms with Crippen molar-refractivity contribution >= 4 is 29.1 Å². The highest BCUT2D eigenvalue weighted by molar-refractivity contribution is 7.99. The van der Waals surface area contributed by atoms with Gasteiger partial charge in [0.25, 0.3) is 0 Å². The molecule has 76 valence electrons. The van der Waals surface area contributed by atoms with Crippen LogP contribution in [0.1, 0.15) is 0 Å². The number of nitrogen functional groups attached to an aromatic ring is 1. The van der Waals surface area contributed by atoms with E-state index in [1.54, 1.807) is 30.6 Å². The molecule has 1 aromatic heterocycles. The third-order valence-corrected chi connectivity index (χ3v) is 3.09. The lowest BCUT2D eigenvalue weighted by molar-refractivity contribution is 0.967. The molecule has 1 aromatic carbocycles. The Kier molecular flexibility index (Phi) is 3.08. The van der Waals surface area contributed by atoms with E-state index in [4.69, 9.17) is 17.3 Å². The predicted molar refractivity (Wildman–Crippen MR) is 62.0 cm³/mol. The third-order valence-electron chi connectivity index (χ3n) is 1.70. The van der Waals surface area contributed by atoms with Gasteiger partial charge in [0.1, 0.15) is 0 Å². The summed E-state index contributed by atoms with van der Waals surface area (Å²) in [6.07, 6.45) is 3.39. The van der Waals surface area contributed by atoms with E-state index >= 15 is 0 Å². The molecule has 2 aromatic rings. The first-order valence-corrected chi connectivity index (χ1v) is 5.45. The quantitative estimate of drug-likeness (QED) is 0.645. The Balaban J connectivity index is 2.25. The van der Waals surface area contributed by atoms with Gasteiger partial charge in [-0.25, -0.2) is 9.97 Å². The molecule has 0 bridgehead atoms. The number of anilines is 1. The maximum atomic E-state index is 6.02. The van der Waals surface area contributed by atoms with Crippen molar-refractivity contribution in [1.82, 2.24) is 9.97 Å². The summed E-state index contributed by atoms with van der Waals surface area (Å²) < 4.78 is 0. The molecular weight excluding hydrogens is 230 g/mol. The second-order valence-corrected chi connectivity index (χ2v) is 4.24. The van der Waals surface area contributed by atoms with Gasteiger partial charge in [-0.3, -0.25) is 0 Å². The fourth-order valence-corrected chi connectivity index (χ4v) is 2.06. The van der Waals surface area contributed by atoms with Gasteiger partial charge in [-0.2, -0.15) is 0 Å². The number of rotatable bonds is 2. The van der Waals surface area contributed by atoms with Crippen LogP contribution in [0.3, 0.4) is 0 Å². The summed E-state index contributed by atoms with van der Waals surface area (Å²) in [5.41, 5.74) is 6.25. The van der Waals surface area contributed by atoms with Gasteiger partial charge in [-0.05, 0) is 36.0 Å². The third kappa shape index (κ3) is 2.61. The average Bonchev–Trinajstić information content (AvgIpc) is 2.24. The fourth-order valence-electron chi connectivity index (χ4n) is 1.04. The molecule has 0 saturated carbocycles. The van der Waals surface area contributed by atoms with Crippen molar-refractivity contribution < 1.29 is 0 Å². The van der Waals surface area contributed by atoms with Gasteiger partial charge >= 0.3 is 0 Å². The summed E-state index contributed by atoms with van der Waals surface area (Å²) in [5.74, 6) is 0. The second-order valence-electron chi connectivity index (χ2n) is 2.82. The van der Waals surface area contributed by atoms with Crippen molar-refractivity contribution in [2.75, 3.05) is 5.73 Å².